The van der Waals surface area contributed by atoms with Gasteiger partial charge in [-0.25, -0.2) is 9.78 Å². The van der Waals surface area contributed by atoms with Crippen LogP contribution in [0.1, 0.15) is 66.2 Å². The van der Waals surface area contributed by atoms with Crippen LogP contribution in [0.3, 0.4) is 0 Å². The Kier molecular flexibility index (Phi) is 4.61. The maximum atomic E-state index is 12.7. The second kappa shape index (κ2) is 7.05. The molecule has 0 spiro atoms. The van der Waals surface area contributed by atoms with Gasteiger partial charge in [-0.3, -0.25) is 4.79 Å². The number of carbonyl (C=O) groups excluding carboxylic acids is 2. The number of pyridine rings is 1. The van der Waals surface area contributed by atoms with Gasteiger partial charge in [0, 0.05) is 24.7 Å². The topological polar surface area (TPSA) is 85.5 Å². The lowest BCUT2D eigenvalue weighted by atomic mass is 10.1. The highest BCUT2D eigenvalue weighted by Gasteiger charge is 2.29. The fraction of sp³-hybridized carbons (Fsp3) is 0.579. The number of aromatic nitrogens is 2. The molecule has 2 aliphatic rings. The van der Waals surface area contributed by atoms with Gasteiger partial charge in [-0.1, -0.05) is 18.0 Å². The molecule has 0 N–H and O–H groups in total. The zero-order chi connectivity index (χ0) is 18.1. The quantitative estimate of drug-likeness (QED) is 0.782. The third kappa shape index (κ3) is 3.43. The molecule has 2 aromatic rings. The summed E-state index contributed by atoms with van der Waals surface area (Å²) in [7, 11) is 0. The molecule has 138 valence electrons. The van der Waals surface area contributed by atoms with Crippen LogP contribution in [-0.2, 0) is 9.53 Å². The van der Waals surface area contributed by atoms with Gasteiger partial charge < -0.3 is 14.2 Å². The number of ether oxygens (including phenoxy) is 1. The summed E-state index contributed by atoms with van der Waals surface area (Å²) in [6.07, 6.45) is 6.44. The van der Waals surface area contributed by atoms with Crippen LogP contribution in [0.15, 0.2) is 10.6 Å². The second-order valence-corrected chi connectivity index (χ2v) is 7.19. The van der Waals surface area contributed by atoms with Crippen LogP contribution in [0.5, 0.6) is 0 Å². The Labute approximate surface area is 151 Å². The van der Waals surface area contributed by atoms with Crippen molar-refractivity contribution >= 4 is 23.0 Å². The van der Waals surface area contributed by atoms with E-state index in [0.29, 0.717) is 28.3 Å². The first-order valence-corrected chi connectivity index (χ1v) is 9.35. The lowest BCUT2D eigenvalue weighted by Gasteiger charge is -2.20. The van der Waals surface area contributed by atoms with Gasteiger partial charge in [0.15, 0.2) is 6.61 Å². The second-order valence-electron chi connectivity index (χ2n) is 7.19. The van der Waals surface area contributed by atoms with E-state index in [-0.39, 0.29) is 12.5 Å². The van der Waals surface area contributed by atoms with Crippen LogP contribution in [-0.4, -0.2) is 46.6 Å². The van der Waals surface area contributed by atoms with E-state index in [1.165, 1.54) is 0 Å². The largest absolute Gasteiger partial charge is 0.452 e. The highest BCUT2D eigenvalue weighted by molar-refractivity contribution is 6.03. The van der Waals surface area contributed by atoms with Crippen molar-refractivity contribution in [2.45, 2.75) is 51.4 Å². The van der Waals surface area contributed by atoms with E-state index >= 15 is 0 Å². The third-order valence-corrected chi connectivity index (χ3v) is 5.14. The molecule has 0 unspecified atom stereocenters. The minimum Gasteiger partial charge on any atom is -0.452 e. The number of esters is 1. The average Bonchev–Trinajstić information content (AvgIpc) is 3.46. The summed E-state index contributed by atoms with van der Waals surface area (Å²) in [5.41, 5.74) is 2.18. The normalized spacial score (nSPS) is 18.0. The van der Waals surface area contributed by atoms with Crippen molar-refractivity contribution in [3.63, 3.8) is 0 Å². The molecule has 0 bridgehead atoms. The molecule has 2 fully saturated rings. The monoisotopic (exact) mass is 357 g/mol. The lowest BCUT2D eigenvalue weighted by molar-refractivity contribution is -0.134. The number of likely N-dealkylation sites (tertiary alicyclic amines) is 1. The van der Waals surface area contributed by atoms with Gasteiger partial charge in [0.2, 0.25) is 0 Å². The van der Waals surface area contributed by atoms with E-state index < -0.39 is 5.97 Å². The molecule has 0 aromatic carbocycles. The van der Waals surface area contributed by atoms with Gasteiger partial charge in [0.25, 0.3) is 11.6 Å². The number of aryl methyl sites for hydroxylation is 1. The maximum Gasteiger partial charge on any atom is 0.339 e. The first-order valence-electron chi connectivity index (χ1n) is 9.35. The molecule has 1 aliphatic heterocycles. The van der Waals surface area contributed by atoms with E-state index in [4.69, 9.17) is 9.26 Å². The van der Waals surface area contributed by atoms with Crippen molar-refractivity contribution in [1.29, 1.82) is 0 Å². The van der Waals surface area contributed by atoms with Gasteiger partial charge in [-0.2, -0.15) is 0 Å². The number of fused-ring (bicyclic) bond motifs is 1. The standard InChI is InChI=1S/C19H23N3O4/c1-12-17-14(10-15(13-6-7-13)20-18(17)26-21-12)19(24)25-11-16(23)22-8-4-2-3-5-9-22/h10,13H,2-9,11H2,1H3. The zero-order valence-corrected chi connectivity index (χ0v) is 15.0. The Morgan fingerprint density at radius 3 is 2.65 bits per heavy atom. The molecule has 1 aliphatic carbocycles. The summed E-state index contributed by atoms with van der Waals surface area (Å²) in [5.74, 6) is -0.279. The number of nitrogens with zero attached hydrogens (tertiary/aromatic N) is 3. The smallest absolute Gasteiger partial charge is 0.339 e. The van der Waals surface area contributed by atoms with Gasteiger partial charge in [0.1, 0.15) is 0 Å². The van der Waals surface area contributed by atoms with Crippen molar-refractivity contribution in [3.05, 3.63) is 23.0 Å². The summed E-state index contributed by atoms with van der Waals surface area (Å²) >= 11 is 0. The van der Waals surface area contributed by atoms with Gasteiger partial charge in [0.05, 0.1) is 16.6 Å². The number of amides is 1. The van der Waals surface area contributed by atoms with Gasteiger partial charge >= 0.3 is 5.97 Å². The highest BCUT2D eigenvalue weighted by atomic mass is 16.5. The maximum absolute atomic E-state index is 12.7. The van der Waals surface area contributed by atoms with Crippen molar-refractivity contribution in [1.82, 2.24) is 15.0 Å². The summed E-state index contributed by atoms with van der Waals surface area (Å²) in [6, 6.07) is 1.77. The van der Waals surface area contributed by atoms with E-state index in [9.17, 15) is 9.59 Å². The molecule has 1 amide bonds. The molecule has 7 nitrogen and oxygen atoms in total. The molecule has 3 heterocycles. The van der Waals surface area contributed by atoms with E-state index in [1.54, 1.807) is 17.9 Å². The molecule has 26 heavy (non-hydrogen) atoms. The molecule has 4 rings (SSSR count). The fourth-order valence-electron chi connectivity index (χ4n) is 3.48. The van der Waals surface area contributed by atoms with Crippen LogP contribution in [0, 0.1) is 6.92 Å². The number of hydrogen-bond donors (Lipinski definition) is 0. The zero-order valence-electron chi connectivity index (χ0n) is 15.0. The van der Waals surface area contributed by atoms with Crippen molar-refractivity contribution in [2.75, 3.05) is 19.7 Å². The molecule has 7 heteroatoms. The predicted molar refractivity (Wildman–Crippen MR) is 93.8 cm³/mol. The molecule has 1 saturated heterocycles. The van der Waals surface area contributed by atoms with Crippen LogP contribution in [0.25, 0.3) is 11.1 Å². The molecule has 2 aromatic heterocycles. The Bertz CT molecular complexity index is 833. The molecule has 1 saturated carbocycles. The summed E-state index contributed by atoms with van der Waals surface area (Å²) in [5, 5.41) is 4.49. The van der Waals surface area contributed by atoms with Gasteiger partial charge in [-0.15, -0.1) is 0 Å². The van der Waals surface area contributed by atoms with Crippen molar-refractivity contribution < 1.29 is 18.8 Å². The van der Waals surface area contributed by atoms with Crippen molar-refractivity contribution in [2.24, 2.45) is 0 Å². The summed E-state index contributed by atoms with van der Waals surface area (Å²) in [6.45, 7) is 3.02. The van der Waals surface area contributed by atoms with Gasteiger partial charge in [-0.05, 0) is 38.7 Å². The lowest BCUT2D eigenvalue weighted by Crippen LogP contribution is -2.35. The summed E-state index contributed by atoms with van der Waals surface area (Å²) < 4.78 is 10.6. The third-order valence-electron chi connectivity index (χ3n) is 5.14. The minimum absolute atomic E-state index is 0.130. The van der Waals surface area contributed by atoms with Crippen LogP contribution >= 0.6 is 0 Å². The molecule has 0 atom stereocenters. The fourth-order valence-corrected chi connectivity index (χ4v) is 3.48. The molecular formula is C19H23N3O4. The molecule has 0 radical (unpaired) electrons. The predicted octanol–water partition coefficient (Wildman–Crippen LogP) is 2.97. The summed E-state index contributed by atoms with van der Waals surface area (Å²) in [4.78, 5) is 31.3. The Morgan fingerprint density at radius 1 is 1.23 bits per heavy atom. The number of rotatable bonds is 4. The molecular weight excluding hydrogens is 334 g/mol. The Balaban J connectivity index is 1.50. The Morgan fingerprint density at radius 2 is 1.96 bits per heavy atom. The first kappa shape index (κ1) is 17.0. The van der Waals surface area contributed by atoms with E-state index in [1.807, 2.05) is 0 Å². The average molecular weight is 357 g/mol. The number of hydrogen-bond acceptors (Lipinski definition) is 6. The van der Waals surface area contributed by atoms with E-state index in [0.717, 1.165) is 57.3 Å². The first-order chi connectivity index (χ1) is 12.6. The Hall–Kier alpha value is -2.44. The minimum atomic E-state index is -0.520. The van der Waals surface area contributed by atoms with Crippen LogP contribution < -0.4 is 0 Å². The number of carbonyl (C=O) groups is 2. The SMILES string of the molecule is Cc1noc2nc(C3CC3)cc(C(=O)OCC(=O)N3CCCCCC3)c12. The highest BCUT2D eigenvalue weighted by Crippen LogP contribution is 2.40. The van der Waals surface area contributed by atoms with E-state index in [2.05, 4.69) is 10.1 Å². The van der Waals surface area contributed by atoms with Crippen LogP contribution in [0.2, 0.25) is 0 Å². The van der Waals surface area contributed by atoms with Crippen molar-refractivity contribution in [3.8, 4) is 0 Å². The van der Waals surface area contributed by atoms with Crippen LogP contribution in [0.4, 0.5) is 0 Å².